The summed E-state index contributed by atoms with van der Waals surface area (Å²) in [5, 5.41) is 10.8. The Morgan fingerprint density at radius 2 is 1.53 bits per heavy atom. The summed E-state index contributed by atoms with van der Waals surface area (Å²) in [7, 11) is 4.38. The molecule has 15 heavy (non-hydrogen) atoms. The number of aliphatic hydroxyl groups excluding tert-OH is 1. The molecule has 5 nitrogen and oxygen atoms in total. The molecule has 0 saturated carbocycles. The fourth-order valence-electron chi connectivity index (χ4n) is 0.862. The van der Waals surface area contributed by atoms with Gasteiger partial charge in [0.05, 0.1) is 0 Å². The third-order valence-corrected chi connectivity index (χ3v) is 4.89. The van der Waals surface area contributed by atoms with Gasteiger partial charge in [-0.05, 0) is 14.0 Å². The first-order valence-electron chi connectivity index (χ1n) is 5.02. The molecule has 0 saturated heterocycles. The van der Waals surface area contributed by atoms with Gasteiger partial charge in [0.1, 0.15) is 6.23 Å². The Morgan fingerprint density at radius 3 is 1.60 bits per heavy atom. The summed E-state index contributed by atoms with van der Waals surface area (Å²) < 4.78 is 15.5. The number of aliphatic hydroxyl groups is 1. The van der Waals surface area contributed by atoms with Gasteiger partial charge in [-0.2, -0.15) is 0 Å². The summed E-state index contributed by atoms with van der Waals surface area (Å²) in [6, 6.07) is 0.885. The zero-order chi connectivity index (χ0) is 12.3. The summed E-state index contributed by atoms with van der Waals surface area (Å²) in [5.74, 6) is 0. The molecular weight excluding hydrogens is 214 g/mol. The Bertz CT molecular complexity index is 123. The molecule has 0 spiro atoms. The van der Waals surface area contributed by atoms with Gasteiger partial charge >= 0.3 is 8.80 Å². The van der Waals surface area contributed by atoms with Gasteiger partial charge < -0.3 is 18.4 Å². The summed E-state index contributed by atoms with van der Waals surface area (Å²) in [6.45, 7) is 3.75. The van der Waals surface area contributed by atoms with E-state index in [0.717, 1.165) is 12.5 Å². The lowest BCUT2D eigenvalue weighted by Crippen LogP contribution is -2.42. The van der Waals surface area contributed by atoms with Crippen molar-refractivity contribution in [2.24, 2.45) is 0 Å². The Labute approximate surface area is 94.1 Å². The lowest BCUT2D eigenvalue weighted by molar-refractivity contribution is 0.123. The predicted molar refractivity (Wildman–Crippen MR) is 62.6 cm³/mol. The third-order valence-electron chi connectivity index (χ3n) is 1.91. The van der Waals surface area contributed by atoms with E-state index >= 15 is 0 Å². The van der Waals surface area contributed by atoms with Gasteiger partial charge in [0, 0.05) is 27.4 Å². The van der Waals surface area contributed by atoms with E-state index in [4.69, 9.17) is 18.4 Å². The van der Waals surface area contributed by atoms with Crippen molar-refractivity contribution in [2.75, 3.05) is 28.4 Å². The van der Waals surface area contributed by atoms with Crippen molar-refractivity contribution >= 4 is 8.80 Å². The van der Waals surface area contributed by atoms with E-state index in [-0.39, 0.29) is 6.23 Å². The van der Waals surface area contributed by atoms with Crippen LogP contribution in [-0.4, -0.2) is 48.5 Å². The van der Waals surface area contributed by atoms with Gasteiger partial charge in [0.2, 0.25) is 0 Å². The van der Waals surface area contributed by atoms with Gasteiger partial charge in [-0.3, -0.25) is 5.32 Å². The Kier molecular flexibility index (Phi) is 12.2. The van der Waals surface area contributed by atoms with Crippen LogP contribution in [0.2, 0.25) is 6.04 Å². The number of hydrogen-bond donors (Lipinski definition) is 2. The summed E-state index contributed by atoms with van der Waals surface area (Å²) in [6.07, 6.45) is 0.664. The maximum atomic E-state index is 8.25. The molecule has 0 aliphatic carbocycles. The van der Waals surface area contributed by atoms with Crippen LogP contribution < -0.4 is 5.32 Å². The highest BCUT2D eigenvalue weighted by Gasteiger charge is 2.36. The van der Waals surface area contributed by atoms with E-state index in [1.165, 1.54) is 0 Å². The minimum atomic E-state index is -2.22. The standard InChI is InChI=1S/C6H16O3Si.C3H9NO/c1-5-6-10(7-2,8-3)9-4;1-3(5)4-2/h5-6H2,1-4H3;3-5H,1-2H3. The Balaban J connectivity index is 0. The van der Waals surface area contributed by atoms with Crippen molar-refractivity contribution in [2.45, 2.75) is 32.5 Å². The first kappa shape index (κ1) is 17.4. The summed E-state index contributed by atoms with van der Waals surface area (Å²) >= 11 is 0. The number of nitrogens with one attached hydrogen (secondary N) is 1. The molecule has 1 unspecified atom stereocenters. The largest absolute Gasteiger partial charge is 0.500 e. The molecule has 0 aromatic rings. The van der Waals surface area contributed by atoms with Crippen LogP contribution in [-0.2, 0) is 13.3 Å². The van der Waals surface area contributed by atoms with E-state index in [2.05, 4.69) is 12.2 Å². The molecule has 0 aliphatic heterocycles. The lowest BCUT2D eigenvalue weighted by Gasteiger charge is -2.23. The van der Waals surface area contributed by atoms with Gasteiger partial charge in [-0.15, -0.1) is 0 Å². The summed E-state index contributed by atoms with van der Waals surface area (Å²) in [5.41, 5.74) is 0. The highest BCUT2D eigenvalue weighted by Crippen LogP contribution is 2.13. The smallest absolute Gasteiger partial charge is 0.379 e. The van der Waals surface area contributed by atoms with E-state index in [1.54, 1.807) is 35.3 Å². The SMILES string of the molecule is CCC[Si](OC)(OC)OC.CNC(C)O. The Morgan fingerprint density at radius 1 is 1.20 bits per heavy atom. The van der Waals surface area contributed by atoms with Gasteiger partial charge in [-0.25, -0.2) is 0 Å². The van der Waals surface area contributed by atoms with Crippen LogP contribution in [0.3, 0.4) is 0 Å². The normalized spacial score (nSPS) is 13.0. The molecular formula is C9H25NO4Si. The average molecular weight is 239 g/mol. The van der Waals surface area contributed by atoms with E-state index in [9.17, 15) is 0 Å². The van der Waals surface area contributed by atoms with Crippen LogP contribution in [0.15, 0.2) is 0 Å². The average Bonchev–Trinajstić information content (AvgIpc) is 2.27. The lowest BCUT2D eigenvalue weighted by atomic mass is 10.6. The van der Waals surface area contributed by atoms with Gasteiger partial charge in [0.15, 0.2) is 0 Å². The van der Waals surface area contributed by atoms with Crippen LogP contribution in [0.1, 0.15) is 20.3 Å². The quantitative estimate of drug-likeness (QED) is 0.531. The first-order valence-corrected chi connectivity index (χ1v) is 6.95. The van der Waals surface area contributed by atoms with Crippen molar-refractivity contribution in [3.8, 4) is 0 Å². The van der Waals surface area contributed by atoms with Crippen molar-refractivity contribution in [3.63, 3.8) is 0 Å². The van der Waals surface area contributed by atoms with Crippen LogP contribution >= 0.6 is 0 Å². The van der Waals surface area contributed by atoms with E-state index in [0.29, 0.717) is 0 Å². The van der Waals surface area contributed by atoms with Crippen LogP contribution in [0, 0.1) is 0 Å². The molecule has 2 N–H and O–H groups in total. The molecule has 94 valence electrons. The maximum absolute atomic E-state index is 8.25. The minimum absolute atomic E-state index is 0.366. The fraction of sp³-hybridized carbons (Fsp3) is 1.00. The zero-order valence-electron chi connectivity index (χ0n) is 10.7. The second-order valence-corrected chi connectivity index (χ2v) is 6.10. The van der Waals surface area contributed by atoms with Crippen LogP contribution in [0.25, 0.3) is 0 Å². The third kappa shape index (κ3) is 8.98. The molecule has 0 heterocycles. The second kappa shape index (κ2) is 10.5. The zero-order valence-corrected chi connectivity index (χ0v) is 11.7. The van der Waals surface area contributed by atoms with Crippen molar-refractivity contribution < 1.29 is 18.4 Å². The predicted octanol–water partition coefficient (Wildman–Crippen LogP) is 0.819. The van der Waals surface area contributed by atoms with E-state index < -0.39 is 8.80 Å². The van der Waals surface area contributed by atoms with Crippen LogP contribution in [0.5, 0.6) is 0 Å². The number of rotatable bonds is 6. The topological polar surface area (TPSA) is 60.0 Å². The molecule has 0 aliphatic rings. The molecule has 0 aromatic carbocycles. The molecule has 6 heteroatoms. The van der Waals surface area contributed by atoms with Crippen molar-refractivity contribution in [1.82, 2.24) is 5.32 Å². The molecule has 0 amide bonds. The van der Waals surface area contributed by atoms with E-state index in [1.807, 2.05) is 0 Å². The highest BCUT2D eigenvalue weighted by molar-refractivity contribution is 6.60. The number of hydrogen-bond acceptors (Lipinski definition) is 5. The van der Waals surface area contributed by atoms with Crippen molar-refractivity contribution in [3.05, 3.63) is 0 Å². The molecule has 1 atom stereocenters. The van der Waals surface area contributed by atoms with Gasteiger partial charge in [-0.1, -0.05) is 13.3 Å². The molecule has 0 radical (unpaired) electrons. The van der Waals surface area contributed by atoms with Gasteiger partial charge in [0.25, 0.3) is 0 Å². The molecule has 0 bridgehead atoms. The fourth-order valence-corrected chi connectivity index (χ4v) is 2.59. The van der Waals surface area contributed by atoms with Crippen molar-refractivity contribution in [1.29, 1.82) is 0 Å². The van der Waals surface area contributed by atoms with Crippen LogP contribution in [0.4, 0.5) is 0 Å². The first-order chi connectivity index (χ1) is 7.01. The Hall–Kier alpha value is 0.0169. The molecule has 0 rings (SSSR count). The monoisotopic (exact) mass is 239 g/mol. The summed E-state index contributed by atoms with van der Waals surface area (Å²) in [4.78, 5) is 0. The molecule has 0 aromatic heterocycles. The highest BCUT2D eigenvalue weighted by atomic mass is 28.4. The second-order valence-electron chi connectivity index (χ2n) is 3.01. The molecule has 0 fully saturated rings. The maximum Gasteiger partial charge on any atom is 0.500 e. The minimum Gasteiger partial charge on any atom is -0.379 e.